The number of hydrogen-bond acceptors (Lipinski definition) is 6. The fourth-order valence-electron chi connectivity index (χ4n) is 9.25. The van der Waals surface area contributed by atoms with Crippen molar-refractivity contribution in [3.8, 4) is 0 Å². The van der Waals surface area contributed by atoms with Crippen molar-refractivity contribution in [1.29, 1.82) is 0 Å². The molecule has 4 aliphatic heterocycles. The Kier molecular flexibility index (Phi) is 6.87. The lowest BCUT2D eigenvalue weighted by Crippen LogP contribution is -2.71. The third-order valence-corrected chi connectivity index (χ3v) is 11.3. The number of piperazine rings is 1. The van der Waals surface area contributed by atoms with Gasteiger partial charge in [0.05, 0.1) is 5.92 Å². The van der Waals surface area contributed by atoms with E-state index in [0.29, 0.717) is 32.4 Å². The van der Waals surface area contributed by atoms with Gasteiger partial charge in [-0.2, -0.15) is 0 Å². The largest absolute Gasteiger partial charge is 0.347 e. The zero-order valence-corrected chi connectivity index (χ0v) is 26.8. The average Bonchev–Trinajstić information content (AvgIpc) is 3.72. The summed E-state index contributed by atoms with van der Waals surface area (Å²) in [4.78, 5) is 47.3. The van der Waals surface area contributed by atoms with Crippen LogP contribution in [0.15, 0.2) is 54.7 Å². The highest BCUT2D eigenvalue weighted by Gasteiger charge is 2.70. The Hall–Kier alpha value is -3.73. The number of nitrogens with one attached hydrogen (secondary N) is 1. The van der Waals surface area contributed by atoms with Gasteiger partial charge in [-0.1, -0.05) is 49.4 Å². The molecule has 4 saturated heterocycles. The maximum Gasteiger partial charge on any atom is 0.280 e. The molecule has 7 atom stereocenters. The summed E-state index contributed by atoms with van der Waals surface area (Å²) >= 11 is 0. The van der Waals surface area contributed by atoms with Gasteiger partial charge in [0.25, 0.3) is 11.8 Å². The molecule has 5 aliphatic rings. The molecule has 10 heteroatoms. The van der Waals surface area contributed by atoms with E-state index in [4.69, 9.17) is 4.74 Å². The van der Waals surface area contributed by atoms with Crippen LogP contribution in [0.25, 0.3) is 10.9 Å². The van der Waals surface area contributed by atoms with E-state index in [-0.39, 0.29) is 36.1 Å². The molecule has 3 amide bonds. The van der Waals surface area contributed by atoms with Crippen LogP contribution in [0.4, 0.5) is 0 Å². The predicted molar refractivity (Wildman–Crippen MR) is 171 cm³/mol. The summed E-state index contributed by atoms with van der Waals surface area (Å²) < 4.78 is 8.65. The first-order valence-corrected chi connectivity index (χ1v) is 16.9. The Morgan fingerprint density at radius 1 is 1.13 bits per heavy atom. The Bertz CT molecular complexity index is 1720. The monoisotopic (exact) mass is 625 g/mol. The topological polar surface area (TPSA) is 107 Å². The van der Waals surface area contributed by atoms with Gasteiger partial charge in [0.1, 0.15) is 12.1 Å². The summed E-state index contributed by atoms with van der Waals surface area (Å²) in [6.45, 7) is 5.74. The summed E-state index contributed by atoms with van der Waals surface area (Å²) in [5.74, 6) is -3.30. The number of hydrogen-bond donors (Lipinski definition) is 2. The third kappa shape index (κ3) is 4.29. The Morgan fingerprint density at radius 2 is 1.93 bits per heavy atom. The molecule has 0 spiro atoms. The molecule has 3 aromatic rings. The number of aliphatic hydroxyl groups is 1. The lowest BCUT2D eigenvalue weighted by molar-refractivity contribution is -0.315. The second-order valence-electron chi connectivity index (χ2n) is 14.2. The minimum atomic E-state index is -2.03. The van der Waals surface area contributed by atoms with Crippen molar-refractivity contribution < 1.29 is 24.2 Å². The molecule has 2 N–H and O–H groups in total. The highest BCUT2D eigenvalue weighted by Crippen LogP contribution is 2.47. The third-order valence-electron chi connectivity index (χ3n) is 11.3. The number of ether oxygens (including phenoxy) is 1. The molecule has 1 aromatic heterocycles. The molecule has 0 bridgehead atoms. The zero-order valence-electron chi connectivity index (χ0n) is 26.8. The first-order valence-electron chi connectivity index (χ1n) is 16.9. The zero-order chi connectivity index (χ0) is 32.0. The van der Waals surface area contributed by atoms with Gasteiger partial charge in [-0.25, -0.2) is 0 Å². The van der Waals surface area contributed by atoms with Crippen LogP contribution >= 0.6 is 0 Å². The van der Waals surface area contributed by atoms with E-state index < -0.39 is 29.6 Å². The van der Waals surface area contributed by atoms with Crippen molar-refractivity contribution in [2.75, 3.05) is 20.1 Å². The van der Waals surface area contributed by atoms with E-state index in [1.54, 1.807) is 4.90 Å². The van der Waals surface area contributed by atoms with E-state index in [1.807, 2.05) is 30.3 Å². The summed E-state index contributed by atoms with van der Waals surface area (Å²) in [5, 5.41) is 16.4. The SMILES string of the molecule is CCCn1cc2c3c(cccc31)[C@H]1CC(C(=O)N[C@]3(C)O[C@@]4(O)[C@@H]5CCCN5C(=O)[C@H](Cc5ccccc5)N4C3=O)CN(C)[C@@H]1C2. The highest BCUT2D eigenvalue weighted by molar-refractivity contribution is 5.97. The summed E-state index contributed by atoms with van der Waals surface area (Å²) in [5.41, 5.74) is 2.98. The first kappa shape index (κ1) is 29.7. The minimum absolute atomic E-state index is 0.173. The number of carbonyl (C=O) groups excluding carboxylic acids is 3. The second kappa shape index (κ2) is 10.7. The van der Waals surface area contributed by atoms with E-state index in [1.165, 1.54) is 33.9 Å². The summed E-state index contributed by atoms with van der Waals surface area (Å²) in [6, 6.07) is 14.7. The number of fused-ring (bicyclic) bond motifs is 5. The van der Waals surface area contributed by atoms with Crippen molar-refractivity contribution in [2.45, 2.75) is 94.6 Å². The molecule has 8 rings (SSSR count). The standard InChI is InChI=1S/C36H43N5O5/c1-4-15-39-21-23-19-28-26(25-12-8-13-27(39)31(23)25)18-24(20-38(28)3)32(42)37-35(2)34(44)41-29(17-22-10-6-5-7-11-22)33(43)40-16-9-14-30(40)36(41,45)46-35/h5-8,10-13,21,24,26,28-30,45H,4,9,14-20H2,1-3H3,(H,37,42)/t24?,26-,28-,29+,30+,35-,36+/m1/s1. The molecular formula is C36H43N5O5. The highest BCUT2D eigenvalue weighted by atomic mass is 16.7. The van der Waals surface area contributed by atoms with Gasteiger partial charge in [0.2, 0.25) is 17.5 Å². The number of benzene rings is 2. The molecule has 46 heavy (non-hydrogen) atoms. The Labute approximate surface area is 269 Å². The van der Waals surface area contributed by atoms with Gasteiger partial charge in [0.15, 0.2) is 0 Å². The molecule has 0 radical (unpaired) electrons. The smallest absolute Gasteiger partial charge is 0.280 e. The van der Waals surface area contributed by atoms with Crippen molar-refractivity contribution in [3.05, 3.63) is 71.4 Å². The van der Waals surface area contributed by atoms with Gasteiger partial charge in [-0.15, -0.1) is 0 Å². The van der Waals surface area contributed by atoms with Crippen LogP contribution in [0.1, 0.15) is 62.1 Å². The van der Waals surface area contributed by atoms with Gasteiger partial charge < -0.3 is 24.8 Å². The number of likely N-dealkylation sites (tertiary alicyclic amines) is 1. The van der Waals surface area contributed by atoms with Gasteiger partial charge in [-0.3, -0.25) is 24.0 Å². The lowest BCUT2D eigenvalue weighted by atomic mass is 9.72. The fraction of sp³-hybridized carbons (Fsp3) is 0.528. The quantitative estimate of drug-likeness (QED) is 0.437. The maximum absolute atomic E-state index is 14.3. The van der Waals surface area contributed by atoms with Crippen molar-refractivity contribution in [3.63, 3.8) is 0 Å². The van der Waals surface area contributed by atoms with Crippen LogP contribution in [-0.4, -0.2) is 92.0 Å². The van der Waals surface area contributed by atoms with Gasteiger partial charge in [0, 0.05) is 55.1 Å². The van der Waals surface area contributed by atoms with Crippen LogP contribution < -0.4 is 5.32 Å². The molecular weight excluding hydrogens is 582 g/mol. The number of piperidine rings is 1. The first-order chi connectivity index (χ1) is 22.1. The minimum Gasteiger partial charge on any atom is -0.347 e. The number of likely N-dealkylation sites (N-methyl/N-ethyl adjacent to an activating group) is 1. The maximum atomic E-state index is 14.3. The van der Waals surface area contributed by atoms with E-state index in [2.05, 4.69) is 53.2 Å². The van der Waals surface area contributed by atoms with Crippen LogP contribution in [0.5, 0.6) is 0 Å². The number of aryl methyl sites for hydroxylation is 1. The molecule has 242 valence electrons. The van der Waals surface area contributed by atoms with Crippen LogP contribution in [-0.2, 0) is 38.5 Å². The second-order valence-corrected chi connectivity index (χ2v) is 14.2. The van der Waals surface area contributed by atoms with E-state index >= 15 is 0 Å². The molecule has 1 aliphatic carbocycles. The number of nitrogens with zero attached hydrogens (tertiary/aromatic N) is 4. The van der Waals surface area contributed by atoms with E-state index in [0.717, 1.165) is 24.9 Å². The Morgan fingerprint density at radius 3 is 2.72 bits per heavy atom. The van der Waals surface area contributed by atoms with Crippen molar-refractivity contribution in [2.24, 2.45) is 5.92 Å². The predicted octanol–water partition coefficient (Wildman–Crippen LogP) is 2.96. The average molecular weight is 626 g/mol. The molecule has 1 unspecified atom stereocenters. The lowest BCUT2D eigenvalue weighted by Gasteiger charge is -2.48. The molecule has 2 aromatic carbocycles. The summed E-state index contributed by atoms with van der Waals surface area (Å²) in [7, 11) is 2.08. The molecule has 10 nitrogen and oxygen atoms in total. The number of aromatic nitrogens is 1. The van der Waals surface area contributed by atoms with Crippen LogP contribution in [0, 0.1) is 5.92 Å². The number of rotatable bonds is 6. The fourth-order valence-corrected chi connectivity index (χ4v) is 9.25. The molecule has 0 saturated carbocycles. The summed E-state index contributed by atoms with van der Waals surface area (Å²) in [6.07, 6.45) is 6.43. The van der Waals surface area contributed by atoms with E-state index in [9.17, 15) is 19.5 Å². The number of amides is 3. The van der Waals surface area contributed by atoms with Gasteiger partial charge in [-0.05, 0) is 68.8 Å². The van der Waals surface area contributed by atoms with Crippen LogP contribution in [0.3, 0.4) is 0 Å². The normalized spacial score (nSPS) is 33.7. The van der Waals surface area contributed by atoms with Crippen molar-refractivity contribution in [1.82, 2.24) is 24.6 Å². The number of carbonyl (C=O) groups is 3. The molecule has 4 fully saturated rings. The molecule has 5 heterocycles. The van der Waals surface area contributed by atoms with Crippen LogP contribution in [0.2, 0.25) is 0 Å². The Balaban J connectivity index is 1.07. The van der Waals surface area contributed by atoms with Crippen molar-refractivity contribution >= 4 is 28.6 Å². The van der Waals surface area contributed by atoms with Gasteiger partial charge >= 0.3 is 0 Å².